The zero-order valence-corrected chi connectivity index (χ0v) is 15.1. The first-order valence-electron chi connectivity index (χ1n) is 8.39. The topological polar surface area (TPSA) is 18.5 Å². The van der Waals surface area contributed by atoms with E-state index in [0.29, 0.717) is 0 Å². The van der Waals surface area contributed by atoms with E-state index in [4.69, 9.17) is 9.47 Å². The van der Waals surface area contributed by atoms with Crippen LogP contribution in [0.25, 0.3) is 0 Å². The van der Waals surface area contributed by atoms with Crippen LogP contribution >= 0.6 is 0 Å². The smallest absolute Gasteiger partial charge is 0.0820 e. The summed E-state index contributed by atoms with van der Waals surface area (Å²) in [5, 5.41) is 0. The van der Waals surface area contributed by atoms with Crippen LogP contribution in [-0.2, 0) is 9.47 Å². The first-order valence-corrected chi connectivity index (χ1v) is 8.39. The van der Waals surface area contributed by atoms with E-state index in [9.17, 15) is 0 Å². The van der Waals surface area contributed by atoms with Crippen molar-refractivity contribution in [3.05, 3.63) is 0 Å². The van der Waals surface area contributed by atoms with Gasteiger partial charge in [-0.25, -0.2) is 0 Å². The zero-order valence-electron chi connectivity index (χ0n) is 15.1. The fraction of sp³-hybridized carbons (Fsp3) is 1.00. The Labute approximate surface area is 127 Å². The Morgan fingerprint density at radius 3 is 1.95 bits per heavy atom. The fourth-order valence-corrected chi connectivity index (χ4v) is 2.34. The van der Waals surface area contributed by atoms with E-state index in [2.05, 4.69) is 48.5 Å². The normalized spacial score (nSPS) is 14.6. The summed E-state index contributed by atoms with van der Waals surface area (Å²) in [6.45, 7) is 17.0. The van der Waals surface area contributed by atoms with Crippen LogP contribution in [0.4, 0.5) is 0 Å². The molecule has 2 heteroatoms. The highest BCUT2D eigenvalue weighted by molar-refractivity contribution is 4.73. The van der Waals surface area contributed by atoms with Crippen LogP contribution in [0.2, 0.25) is 0 Å². The summed E-state index contributed by atoms with van der Waals surface area (Å²) in [4.78, 5) is 0. The minimum absolute atomic E-state index is 0.0968. The molecule has 0 heterocycles. The van der Waals surface area contributed by atoms with E-state index in [0.717, 1.165) is 19.6 Å². The molecule has 0 saturated heterocycles. The number of unbranched alkanes of at least 4 members (excludes halogenated alkanes) is 4. The Hall–Kier alpha value is -0.0800. The minimum Gasteiger partial charge on any atom is -0.379 e. The van der Waals surface area contributed by atoms with Gasteiger partial charge in [-0.2, -0.15) is 0 Å². The van der Waals surface area contributed by atoms with Crippen molar-refractivity contribution in [3.63, 3.8) is 0 Å². The molecule has 0 aromatic heterocycles. The van der Waals surface area contributed by atoms with Gasteiger partial charge in [-0.1, -0.05) is 53.4 Å². The van der Waals surface area contributed by atoms with E-state index < -0.39 is 0 Å². The lowest BCUT2D eigenvalue weighted by Crippen LogP contribution is -2.33. The number of hydrogen-bond donors (Lipinski definition) is 0. The largest absolute Gasteiger partial charge is 0.379 e. The highest BCUT2D eigenvalue weighted by Crippen LogP contribution is 2.25. The Balaban J connectivity index is 3.92. The Bertz CT molecular complexity index is 207. The predicted octanol–water partition coefficient (Wildman–Crippen LogP) is 5.59. The monoisotopic (exact) mass is 286 g/mol. The second-order valence-electron chi connectivity index (χ2n) is 8.11. The van der Waals surface area contributed by atoms with Crippen molar-refractivity contribution < 1.29 is 9.47 Å². The summed E-state index contributed by atoms with van der Waals surface area (Å²) in [5.41, 5.74) is 0.181. The maximum atomic E-state index is 6.13. The molecule has 122 valence electrons. The summed E-state index contributed by atoms with van der Waals surface area (Å²) in [6.07, 6.45) is 7.69. The summed E-state index contributed by atoms with van der Waals surface area (Å²) in [7, 11) is 0. The van der Waals surface area contributed by atoms with Gasteiger partial charge in [0.1, 0.15) is 0 Å². The number of ether oxygens (including phenoxy) is 2. The summed E-state index contributed by atoms with van der Waals surface area (Å²) in [5.74, 6) is 0. The van der Waals surface area contributed by atoms with Crippen LogP contribution in [0.1, 0.15) is 87.0 Å². The highest BCUT2D eigenvalue weighted by Gasteiger charge is 2.24. The predicted molar refractivity (Wildman–Crippen MR) is 88.3 cm³/mol. The average molecular weight is 286 g/mol. The molecule has 0 bridgehead atoms. The Morgan fingerprint density at radius 2 is 1.45 bits per heavy atom. The molecule has 2 nitrogen and oxygen atoms in total. The Kier molecular flexibility index (Phi) is 9.74. The van der Waals surface area contributed by atoms with Crippen molar-refractivity contribution in [1.82, 2.24) is 0 Å². The van der Waals surface area contributed by atoms with Crippen molar-refractivity contribution in [2.45, 2.75) is 98.7 Å². The van der Waals surface area contributed by atoms with Gasteiger partial charge in [0.05, 0.1) is 18.3 Å². The third-order valence-corrected chi connectivity index (χ3v) is 3.06. The van der Waals surface area contributed by atoms with E-state index in [1.807, 2.05) is 0 Å². The molecule has 0 aliphatic heterocycles. The lowest BCUT2D eigenvalue weighted by Gasteiger charge is -2.32. The molecule has 0 N–H and O–H groups in total. The standard InChI is InChI=1S/C18H38O2/c1-8-9-10-11-12-13-19-15-16(14-17(2,3)4)20-18(5,6)7/h16H,8-15H2,1-7H3. The zero-order chi connectivity index (χ0) is 15.6. The van der Waals surface area contributed by atoms with Gasteiger partial charge in [0.2, 0.25) is 0 Å². The van der Waals surface area contributed by atoms with E-state index in [1.54, 1.807) is 0 Å². The molecule has 0 fully saturated rings. The number of rotatable bonds is 10. The second-order valence-corrected chi connectivity index (χ2v) is 8.11. The maximum absolute atomic E-state index is 6.13. The van der Waals surface area contributed by atoms with Gasteiger partial charge in [-0.15, -0.1) is 0 Å². The van der Waals surface area contributed by atoms with Crippen molar-refractivity contribution >= 4 is 0 Å². The minimum atomic E-state index is -0.0968. The van der Waals surface area contributed by atoms with Gasteiger partial charge in [0.15, 0.2) is 0 Å². The molecule has 0 amide bonds. The average Bonchev–Trinajstić information content (AvgIpc) is 2.23. The molecule has 0 aromatic rings. The van der Waals surface area contributed by atoms with E-state index in [1.165, 1.54) is 32.1 Å². The lowest BCUT2D eigenvalue weighted by molar-refractivity contribution is -0.105. The molecule has 0 radical (unpaired) electrons. The van der Waals surface area contributed by atoms with Crippen LogP contribution < -0.4 is 0 Å². The lowest BCUT2D eigenvalue weighted by atomic mass is 9.89. The van der Waals surface area contributed by atoms with Crippen molar-refractivity contribution in [2.75, 3.05) is 13.2 Å². The molecular formula is C18H38O2. The number of hydrogen-bond acceptors (Lipinski definition) is 2. The van der Waals surface area contributed by atoms with Crippen molar-refractivity contribution in [3.8, 4) is 0 Å². The molecule has 0 aliphatic rings. The van der Waals surface area contributed by atoms with Gasteiger partial charge >= 0.3 is 0 Å². The van der Waals surface area contributed by atoms with Gasteiger partial charge in [-0.05, 0) is 39.0 Å². The summed E-state index contributed by atoms with van der Waals surface area (Å²) >= 11 is 0. The first kappa shape index (κ1) is 19.9. The second kappa shape index (κ2) is 9.78. The quantitative estimate of drug-likeness (QED) is 0.487. The van der Waals surface area contributed by atoms with Crippen LogP contribution in [0.5, 0.6) is 0 Å². The molecule has 0 aromatic carbocycles. The van der Waals surface area contributed by atoms with Crippen LogP contribution in [0.15, 0.2) is 0 Å². The first-order chi connectivity index (χ1) is 9.14. The van der Waals surface area contributed by atoms with E-state index >= 15 is 0 Å². The molecular weight excluding hydrogens is 248 g/mol. The summed E-state index contributed by atoms with van der Waals surface area (Å²) < 4.78 is 12.0. The SMILES string of the molecule is CCCCCCCOCC(CC(C)(C)C)OC(C)(C)C. The highest BCUT2D eigenvalue weighted by atomic mass is 16.5. The van der Waals surface area contributed by atoms with Crippen LogP contribution in [0, 0.1) is 5.41 Å². The fourth-order valence-electron chi connectivity index (χ4n) is 2.34. The van der Waals surface area contributed by atoms with Gasteiger partial charge in [0.25, 0.3) is 0 Å². The van der Waals surface area contributed by atoms with Crippen LogP contribution in [-0.4, -0.2) is 24.9 Å². The van der Waals surface area contributed by atoms with Crippen molar-refractivity contribution in [1.29, 1.82) is 0 Å². The molecule has 0 rings (SSSR count). The molecule has 1 atom stereocenters. The summed E-state index contributed by atoms with van der Waals surface area (Å²) in [6, 6.07) is 0. The van der Waals surface area contributed by atoms with Crippen LogP contribution in [0.3, 0.4) is 0 Å². The molecule has 1 unspecified atom stereocenters. The molecule has 0 spiro atoms. The maximum Gasteiger partial charge on any atom is 0.0820 e. The van der Waals surface area contributed by atoms with Gasteiger partial charge < -0.3 is 9.47 Å². The van der Waals surface area contributed by atoms with Gasteiger partial charge in [0, 0.05) is 6.61 Å². The third-order valence-electron chi connectivity index (χ3n) is 3.06. The third kappa shape index (κ3) is 14.3. The van der Waals surface area contributed by atoms with Gasteiger partial charge in [-0.3, -0.25) is 0 Å². The molecule has 0 aliphatic carbocycles. The van der Waals surface area contributed by atoms with Crippen molar-refractivity contribution in [2.24, 2.45) is 5.41 Å². The Morgan fingerprint density at radius 1 is 0.850 bits per heavy atom. The molecule has 20 heavy (non-hydrogen) atoms. The van der Waals surface area contributed by atoms with E-state index in [-0.39, 0.29) is 17.1 Å². The molecule has 0 saturated carbocycles.